The van der Waals surface area contributed by atoms with Crippen molar-refractivity contribution in [3.8, 4) is 11.5 Å². The minimum absolute atomic E-state index is 0.0513. The lowest BCUT2D eigenvalue weighted by molar-refractivity contribution is 0.302. The highest BCUT2D eigenvalue weighted by molar-refractivity contribution is 6.31. The number of hydrogen-bond acceptors (Lipinski definition) is 4. The summed E-state index contributed by atoms with van der Waals surface area (Å²) in [6, 6.07) is 7.45. The number of aromatic nitrogens is 2. The second kappa shape index (κ2) is 6.43. The highest BCUT2D eigenvalue weighted by atomic mass is 35.5. The van der Waals surface area contributed by atoms with Crippen molar-refractivity contribution in [1.82, 2.24) is 9.78 Å². The molecule has 1 heterocycles. The number of rotatable bonds is 5. The summed E-state index contributed by atoms with van der Waals surface area (Å²) in [4.78, 5) is 11.8. The number of ether oxygens (including phenoxy) is 2. The molecular formula is C14H15ClN2O3. The Kier molecular flexibility index (Phi) is 4.63. The van der Waals surface area contributed by atoms with Crippen LogP contribution < -0.4 is 15.0 Å². The first-order valence-corrected chi connectivity index (χ1v) is 6.54. The Labute approximate surface area is 121 Å². The van der Waals surface area contributed by atoms with E-state index in [0.29, 0.717) is 13.2 Å². The molecule has 6 heteroatoms. The van der Waals surface area contributed by atoms with Crippen LogP contribution in [0.5, 0.6) is 11.5 Å². The molecular weight excluding hydrogens is 280 g/mol. The van der Waals surface area contributed by atoms with Gasteiger partial charge in [0.05, 0.1) is 13.3 Å². The van der Waals surface area contributed by atoms with Gasteiger partial charge in [0.1, 0.15) is 12.4 Å². The summed E-state index contributed by atoms with van der Waals surface area (Å²) in [6.07, 6.45) is 1.46. The maximum Gasteiger partial charge on any atom is 0.289 e. The first kappa shape index (κ1) is 14.4. The molecule has 2 rings (SSSR count). The van der Waals surface area contributed by atoms with Crippen LogP contribution in [0.15, 0.2) is 35.3 Å². The van der Waals surface area contributed by atoms with Crippen LogP contribution in [0.3, 0.4) is 0 Å². The molecule has 0 aliphatic rings. The lowest BCUT2D eigenvalue weighted by Crippen LogP contribution is -2.22. The van der Waals surface area contributed by atoms with Gasteiger partial charge >= 0.3 is 0 Å². The van der Waals surface area contributed by atoms with Gasteiger partial charge in [0.15, 0.2) is 10.8 Å². The Morgan fingerprint density at radius 2 is 2.00 bits per heavy atom. The number of benzene rings is 1. The molecule has 0 aliphatic heterocycles. The van der Waals surface area contributed by atoms with E-state index >= 15 is 0 Å². The standard InChI is InChI=1S/C14H15ClN2O3/c1-3-17-14(18)13(15)12(8-16-17)20-9-10-4-6-11(19-2)7-5-10/h4-8H,3,9H2,1-2H3. The molecule has 0 atom stereocenters. The zero-order valence-electron chi connectivity index (χ0n) is 11.3. The average Bonchev–Trinajstić information content (AvgIpc) is 2.49. The molecule has 0 unspecified atom stereocenters. The van der Waals surface area contributed by atoms with Gasteiger partial charge in [0, 0.05) is 6.54 Å². The number of methoxy groups -OCH3 is 1. The van der Waals surface area contributed by atoms with Crippen molar-refractivity contribution >= 4 is 11.6 Å². The van der Waals surface area contributed by atoms with Crippen LogP contribution in [0.4, 0.5) is 0 Å². The number of aryl methyl sites for hydroxylation is 1. The molecule has 0 saturated carbocycles. The van der Waals surface area contributed by atoms with Crippen LogP contribution in [0.25, 0.3) is 0 Å². The third kappa shape index (κ3) is 3.11. The Morgan fingerprint density at radius 1 is 1.30 bits per heavy atom. The van der Waals surface area contributed by atoms with Crippen LogP contribution in [0.2, 0.25) is 5.02 Å². The van der Waals surface area contributed by atoms with Crippen molar-refractivity contribution in [2.24, 2.45) is 0 Å². The molecule has 0 aliphatic carbocycles. The summed E-state index contributed by atoms with van der Waals surface area (Å²) in [5, 5.41) is 4.02. The van der Waals surface area contributed by atoms with Gasteiger partial charge < -0.3 is 9.47 Å². The summed E-state index contributed by atoms with van der Waals surface area (Å²) in [7, 11) is 1.61. The number of halogens is 1. The van der Waals surface area contributed by atoms with Crippen molar-refractivity contribution in [2.45, 2.75) is 20.1 Å². The van der Waals surface area contributed by atoms with Gasteiger partial charge in [-0.25, -0.2) is 4.68 Å². The maximum absolute atomic E-state index is 11.8. The molecule has 5 nitrogen and oxygen atoms in total. The van der Waals surface area contributed by atoms with Gasteiger partial charge in [-0.1, -0.05) is 23.7 Å². The van der Waals surface area contributed by atoms with E-state index in [9.17, 15) is 4.79 Å². The molecule has 0 fully saturated rings. The lowest BCUT2D eigenvalue weighted by atomic mass is 10.2. The summed E-state index contributed by atoms with van der Waals surface area (Å²) in [5.41, 5.74) is 0.600. The topological polar surface area (TPSA) is 53.4 Å². The summed E-state index contributed by atoms with van der Waals surface area (Å²) in [5.74, 6) is 1.07. The fourth-order valence-corrected chi connectivity index (χ4v) is 1.86. The number of hydrogen-bond donors (Lipinski definition) is 0. The lowest BCUT2D eigenvalue weighted by Gasteiger charge is -2.09. The van der Waals surface area contributed by atoms with Crippen LogP contribution in [-0.4, -0.2) is 16.9 Å². The largest absolute Gasteiger partial charge is 0.497 e. The first-order valence-electron chi connectivity index (χ1n) is 6.17. The van der Waals surface area contributed by atoms with Gasteiger partial charge in [-0.2, -0.15) is 5.10 Å². The van der Waals surface area contributed by atoms with Crippen molar-refractivity contribution in [2.75, 3.05) is 7.11 Å². The Bertz CT molecular complexity index is 638. The van der Waals surface area contributed by atoms with Crippen LogP contribution in [0.1, 0.15) is 12.5 Å². The molecule has 0 amide bonds. The van der Waals surface area contributed by atoms with Crippen LogP contribution >= 0.6 is 11.6 Å². The summed E-state index contributed by atoms with van der Waals surface area (Å²) < 4.78 is 11.9. The molecule has 1 aromatic carbocycles. The predicted octanol–water partition coefficient (Wildman–Crippen LogP) is 2.50. The Morgan fingerprint density at radius 3 is 2.60 bits per heavy atom. The van der Waals surface area contributed by atoms with Crippen molar-refractivity contribution in [3.63, 3.8) is 0 Å². The van der Waals surface area contributed by atoms with E-state index in [0.717, 1.165) is 11.3 Å². The monoisotopic (exact) mass is 294 g/mol. The fourth-order valence-electron chi connectivity index (χ4n) is 1.66. The minimum Gasteiger partial charge on any atom is -0.497 e. The van der Waals surface area contributed by atoms with Crippen molar-refractivity contribution in [1.29, 1.82) is 0 Å². The average molecular weight is 295 g/mol. The molecule has 2 aromatic rings. The molecule has 0 radical (unpaired) electrons. The van der Waals surface area contributed by atoms with E-state index in [1.807, 2.05) is 31.2 Å². The number of nitrogens with zero attached hydrogens (tertiary/aromatic N) is 2. The SMILES string of the molecule is CCn1ncc(OCc2ccc(OC)cc2)c(Cl)c1=O. The van der Waals surface area contributed by atoms with E-state index in [1.54, 1.807) is 7.11 Å². The zero-order valence-corrected chi connectivity index (χ0v) is 12.1. The second-order valence-electron chi connectivity index (χ2n) is 4.08. The van der Waals surface area contributed by atoms with Gasteiger partial charge in [-0.3, -0.25) is 4.79 Å². The van der Waals surface area contributed by atoms with Gasteiger partial charge in [0.2, 0.25) is 0 Å². The molecule has 0 bridgehead atoms. The fraction of sp³-hybridized carbons (Fsp3) is 0.286. The Hall–Kier alpha value is -2.01. The normalized spacial score (nSPS) is 10.3. The van der Waals surface area contributed by atoms with E-state index < -0.39 is 0 Å². The van der Waals surface area contributed by atoms with Crippen molar-refractivity contribution in [3.05, 3.63) is 51.4 Å². The van der Waals surface area contributed by atoms with E-state index in [4.69, 9.17) is 21.1 Å². The third-order valence-electron chi connectivity index (χ3n) is 2.81. The molecule has 20 heavy (non-hydrogen) atoms. The molecule has 1 aromatic heterocycles. The van der Waals surface area contributed by atoms with Crippen LogP contribution in [-0.2, 0) is 13.2 Å². The third-order valence-corrected chi connectivity index (χ3v) is 3.15. The maximum atomic E-state index is 11.8. The van der Waals surface area contributed by atoms with Gasteiger partial charge in [-0.05, 0) is 24.6 Å². The van der Waals surface area contributed by atoms with E-state index in [1.165, 1.54) is 10.9 Å². The molecule has 106 valence electrons. The van der Waals surface area contributed by atoms with E-state index in [2.05, 4.69) is 5.10 Å². The second-order valence-corrected chi connectivity index (χ2v) is 4.46. The van der Waals surface area contributed by atoms with E-state index in [-0.39, 0.29) is 16.3 Å². The molecule has 0 N–H and O–H groups in total. The first-order chi connectivity index (χ1) is 9.65. The molecule has 0 saturated heterocycles. The summed E-state index contributed by atoms with van der Waals surface area (Å²) >= 11 is 5.97. The summed E-state index contributed by atoms with van der Waals surface area (Å²) in [6.45, 7) is 2.60. The van der Waals surface area contributed by atoms with Gasteiger partial charge in [0.25, 0.3) is 5.56 Å². The predicted molar refractivity (Wildman–Crippen MR) is 76.5 cm³/mol. The smallest absolute Gasteiger partial charge is 0.289 e. The van der Waals surface area contributed by atoms with Crippen LogP contribution in [0, 0.1) is 0 Å². The highest BCUT2D eigenvalue weighted by Gasteiger charge is 2.09. The zero-order chi connectivity index (χ0) is 14.5. The highest BCUT2D eigenvalue weighted by Crippen LogP contribution is 2.20. The Balaban J connectivity index is 2.10. The molecule has 0 spiro atoms. The quantitative estimate of drug-likeness (QED) is 0.850. The minimum atomic E-state index is -0.346. The van der Waals surface area contributed by atoms with Crippen molar-refractivity contribution < 1.29 is 9.47 Å². The van der Waals surface area contributed by atoms with Gasteiger partial charge in [-0.15, -0.1) is 0 Å².